The highest BCUT2D eigenvalue weighted by Gasteiger charge is 2.10. The first-order valence-electron chi connectivity index (χ1n) is 5.44. The molecule has 1 heterocycles. The van der Waals surface area contributed by atoms with Gasteiger partial charge < -0.3 is 5.73 Å². The Morgan fingerprint density at radius 1 is 1.18 bits per heavy atom. The summed E-state index contributed by atoms with van der Waals surface area (Å²) in [4.78, 5) is 11.2. The van der Waals surface area contributed by atoms with Gasteiger partial charge in [-0.25, -0.2) is 4.68 Å². The summed E-state index contributed by atoms with van der Waals surface area (Å²) >= 11 is 0. The van der Waals surface area contributed by atoms with E-state index in [1.165, 1.54) is 16.3 Å². The number of aromatic nitrogens is 2. The van der Waals surface area contributed by atoms with E-state index in [0.717, 1.165) is 5.56 Å². The first-order valence-corrected chi connectivity index (χ1v) is 5.44. The van der Waals surface area contributed by atoms with Gasteiger partial charge in [-0.2, -0.15) is 5.10 Å². The van der Waals surface area contributed by atoms with Crippen LogP contribution in [0.2, 0.25) is 0 Å². The van der Waals surface area contributed by atoms with Gasteiger partial charge in [-0.05, 0) is 18.6 Å². The van der Waals surface area contributed by atoms with E-state index in [2.05, 4.69) is 5.10 Å². The van der Waals surface area contributed by atoms with E-state index < -0.39 is 0 Å². The van der Waals surface area contributed by atoms with Gasteiger partial charge >= 0.3 is 0 Å². The molecular weight excluding hydrogens is 214 g/mol. The molecule has 0 aliphatic rings. The summed E-state index contributed by atoms with van der Waals surface area (Å²) in [6, 6.07) is 10.8. The van der Waals surface area contributed by atoms with Crippen molar-refractivity contribution in [1.29, 1.82) is 0 Å². The molecule has 0 bridgehead atoms. The predicted molar refractivity (Wildman–Crippen MR) is 66.7 cm³/mol. The van der Waals surface area contributed by atoms with Crippen LogP contribution in [0.5, 0.6) is 0 Å². The molecule has 2 aromatic rings. The van der Waals surface area contributed by atoms with Gasteiger partial charge in [-0.3, -0.25) is 4.79 Å². The third-order valence-corrected chi connectivity index (χ3v) is 2.74. The van der Waals surface area contributed by atoms with Gasteiger partial charge in [0.2, 0.25) is 0 Å². The minimum Gasteiger partial charge on any atom is -0.319 e. The number of hydrogen-bond acceptors (Lipinski definition) is 3. The minimum atomic E-state index is -0.303. The molecule has 0 spiro atoms. The molecule has 0 saturated heterocycles. The fourth-order valence-corrected chi connectivity index (χ4v) is 1.63. The number of nitrogens with two attached hydrogens (primary N) is 1. The Bertz CT molecular complexity index is 572. The zero-order chi connectivity index (χ0) is 12.4. The van der Waals surface area contributed by atoms with Crippen molar-refractivity contribution >= 4 is 0 Å². The molecule has 0 amide bonds. The van der Waals surface area contributed by atoms with Crippen LogP contribution in [-0.2, 0) is 7.05 Å². The Balaban J connectivity index is 2.36. The summed E-state index contributed by atoms with van der Waals surface area (Å²) in [5.74, 6) is 0. The van der Waals surface area contributed by atoms with Crippen LogP contribution >= 0.6 is 0 Å². The summed E-state index contributed by atoms with van der Waals surface area (Å²) in [6.07, 6.45) is 0. The molecule has 1 aromatic carbocycles. The molecule has 88 valence electrons. The molecule has 1 aromatic heterocycles. The summed E-state index contributed by atoms with van der Waals surface area (Å²) in [5.41, 5.74) is 8.84. The normalized spacial score (nSPS) is 12.4. The lowest BCUT2D eigenvalue weighted by atomic mass is 10.0. The van der Waals surface area contributed by atoms with Crippen LogP contribution in [0, 0.1) is 6.92 Å². The molecule has 0 aliphatic heterocycles. The maximum atomic E-state index is 11.2. The molecule has 0 radical (unpaired) electrons. The Morgan fingerprint density at radius 2 is 1.82 bits per heavy atom. The second kappa shape index (κ2) is 4.51. The van der Waals surface area contributed by atoms with Crippen molar-refractivity contribution in [3.05, 3.63) is 63.6 Å². The third kappa shape index (κ3) is 2.42. The Hall–Kier alpha value is -1.94. The fourth-order valence-electron chi connectivity index (χ4n) is 1.63. The maximum Gasteiger partial charge on any atom is 0.266 e. The minimum absolute atomic E-state index is 0.134. The van der Waals surface area contributed by atoms with Gasteiger partial charge in [0.15, 0.2) is 0 Å². The first-order chi connectivity index (χ1) is 8.08. The highest BCUT2D eigenvalue weighted by molar-refractivity contribution is 5.29. The first kappa shape index (κ1) is 11.5. The van der Waals surface area contributed by atoms with Crippen LogP contribution in [0.25, 0.3) is 0 Å². The van der Waals surface area contributed by atoms with Crippen LogP contribution in [0.1, 0.15) is 22.9 Å². The van der Waals surface area contributed by atoms with Crippen molar-refractivity contribution < 1.29 is 0 Å². The van der Waals surface area contributed by atoms with Gasteiger partial charge in [0.05, 0.1) is 11.7 Å². The summed E-state index contributed by atoms with van der Waals surface area (Å²) in [6.45, 7) is 2.03. The van der Waals surface area contributed by atoms with E-state index in [0.29, 0.717) is 5.69 Å². The van der Waals surface area contributed by atoms with Crippen LogP contribution in [0.15, 0.2) is 41.2 Å². The topological polar surface area (TPSA) is 60.9 Å². The largest absolute Gasteiger partial charge is 0.319 e. The second-order valence-corrected chi connectivity index (χ2v) is 4.11. The molecule has 4 heteroatoms. The molecule has 2 N–H and O–H groups in total. The number of benzene rings is 1. The molecule has 0 aliphatic carbocycles. The predicted octanol–water partition coefficient (Wildman–Crippen LogP) is 1.14. The summed E-state index contributed by atoms with van der Waals surface area (Å²) < 4.78 is 1.30. The van der Waals surface area contributed by atoms with Crippen LogP contribution in [-0.4, -0.2) is 9.78 Å². The molecule has 17 heavy (non-hydrogen) atoms. The molecule has 1 atom stereocenters. The Morgan fingerprint density at radius 3 is 2.41 bits per heavy atom. The van der Waals surface area contributed by atoms with E-state index in [4.69, 9.17) is 5.73 Å². The van der Waals surface area contributed by atoms with E-state index in [1.807, 2.05) is 31.2 Å². The molecule has 1 unspecified atom stereocenters. The fraction of sp³-hybridized carbons (Fsp3) is 0.231. The van der Waals surface area contributed by atoms with Crippen molar-refractivity contribution in [2.75, 3.05) is 0 Å². The number of aryl methyl sites for hydroxylation is 2. The average Bonchev–Trinajstić information content (AvgIpc) is 2.33. The Kier molecular flexibility index (Phi) is 3.06. The number of rotatable bonds is 2. The molecule has 0 fully saturated rings. The van der Waals surface area contributed by atoms with Crippen LogP contribution < -0.4 is 11.3 Å². The van der Waals surface area contributed by atoms with Crippen LogP contribution in [0.3, 0.4) is 0 Å². The number of nitrogens with zero attached hydrogens (tertiary/aromatic N) is 2. The molecular formula is C13H15N3O. The van der Waals surface area contributed by atoms with E-state index in [9.17, 15) is 4.79 Å². The number of hydrogen-bond donors (Lipinski definition) is 1. The van der Waals surface area contributed by atoms with Crippen molar-refractivity contribution in [3.63, 3.8) is 0 Å². The third-order valence-electron chi connectivity index (χ3n) is 2.74. The molecule has 2 rings (SSSR count). The van der Waals surface area contributed by atoms with Crippen molar-refractivity contribution in [1.82, 2.24) is 9.78 Å². The lowest BCUT2D eigenvalue weighted by molar-refractivity contribution is 0.655. The van der Waals surface area contributed by atoms with Crippen molar-refractivity contribution in [2.45, 2.75) is 13.0 Å². The van der Waals surface area contributed by atoms with Gasteiger partial charge in [0, 0.05) is 13.1 Å². The zero-order valence-corrected chi connectivity index (χ0v) is 9.92. The smallest absolute Gasteiger partial charge is 0.266 e. The lowest BCUT2D eigenvalue weighted by Gasteiger charge is -2.12. The summed E-state index contributed by atoms with van der Waals surface area (Å²) in [5, 5.41) is 4.15. The van der Waals surface area contributed by atoms with Gasteiger partial charge in [0.1, 0.15) is 0 Å². The standard InChI is InChI=1S/C13H15N3O/c1-9-3-5-10(6-4-9)13(14)11-7-8-12(17)16(2)15-11/h3-8,13H,14H2,1-2H3. The van der Waals surface area contributed by atoms with Crippen molar-refractivity contribution in [3.8, 4) is 0 Å². The SMILES string of the molecule is Cc1ccc(C(N)c2ccc(=O)n(C)n2)cc1. The van der Waals surface area contributed by atoms with Crippen molar-refractivity contribution in [2.24, 2.45) is 12.8 Å². The Labute approximate surface area is 99.7 Å². The van der Waals surface area contributed by atoms with Gasteiger partial charge in [-0.1, -0.05) is 29.8 Å². The van der Waals surface area contributed by atoms with E-state index in [1.54, 1.807) is 13.1 Å². The van der Waals surface area contributed by atoms with E-state index in [-0.39, 0.29) is 11.6 Å². The summed E-state index contributed by atoms with van der Waals surface area (Å²) in [7, 11) is 1.62. The second-order valence-electron chi connectivity index (χ2n) is 4.11. The van der Waals surface area contributed by atoms with Gasteiger partial charge in [-0.15, -0.1) is 0 Å². The highest BCUT2D eigenvalue weighted by Crippen LogP contribution is 2.16. The average molecular weight is 229 g/mol. The lowest BCUT2D eigenvalue weighted by Crippen LogP contribution is -2.23. The quantitative estimate of drug-likeness (QED) is 0.840. The zero-order valence-electron chi connectivity index (χ0n) is 9.92. The van der Waals surface area contributed by atoms with Crippen LogP contribution in [0.4, 0.5) is 0 Å². The molecule has 0 saturated carbocycles. The molecule has 4 nitrogen and oxygen atoms in total. The van der Waals surface area contributed by atoms with Gasteiger partial charge in [0.25, 0.3) is 5.56 Å². The maximum absolute atomic E-state index is 11.2. The highest BCUT2D eigenvalue weighted by atomic mass is 16.1. The van der Waals surface area contributed by atoms with E-state index >= 15 is 0 Å². The monoisotopic (exact) mass is 229 g/mol.